The first kappa shape index (κ1) is 25.4. The number of ether oxygens (including phenoxy) is 1. The lowest BCUT2D eigenvalue weighted by atomic mass is 10.1. The minimum Gasteiger partial charge on any atom is -0.497 e. The lowest BCUT2D eigenvalue weighted by molar-refractivity contribution is 0.161. The van der Waals surface area contributed by atoms with Crippen LogP contribution in [0.25, 0.3) is 10.9 Å². The van der Waals surface area contributed by atoms with Crippen molar-refractivity contribution < 1.29 is 4.74 Å². The van der Waals surface area contributed by atoms with E-state index in [0.717, 1.165) is 40.0 Å². The highest BCUT2D eigenvalue weighted by atomic mass is 16.5. The second-order valence-corrected chi connectivity index (χ2v) is 9.57. The summed E-state index contributed by atoms with van der Waals surface area (Å²) >= 11 is 0. The van der Waals surface area contributed by atoms with Crippen molar-refractivity contribution in [1.82, 2.24) is 30.1 Å². The number of aryl methyl sites for hydroxylation is 1. The summed E-state index contributed by atoms with van der Waals surface area (Å²) in [6.45, 7) is 5.87. The van der Waals surface area contributed by atoms with Gasteiger partial charge < -0.3 is 9.72 Å². The largest absolute Gasteiger partial charge is 0.497 e. The third-order valence-corrected chi connectivity index (χ3v) is 6.87. The van der Waals surface area contributed by atoms with Crippen LogP contribution < -0.4 is 10.3 Å². The van der Waals surface area contributed by atoms with Gasteiger partial charge in [-0.25, -0.2) is 4.68 Å². The summed E-state index contributed by atoms with van der Waals surface area (Å²) in [5.41, 5.74) is 4.85. The van der Waals surface area contributed by atoms with Crippen LogP contribution >= 0.6 is 0 Å². The molecule has 1 N–H and O–H groups in total. The molecule has 8 heteroatoms. The number of tetrazole rings is 1. The Morgan fingerprint density at radius 3 is 2.50 bits per heavy atom. The number of nitrogens with one attached hydrogen (secondary N) is 1. The fourth-order valence-corrected chi connectivity index (χ4v) is 4.82. The van der Waals surface area contributed by atoms with Gasteiger partial charge in [-0.1, -0.05) is 67.1 Å². The minimum absolute atomic E-state index is 0.101. The molecular weight excluding hydrogens is 476 g/mol. The van der Waals surface area contributed by atoms with E-state index in [0.29, 0.717) is 25.2 Å². The standard InChI is InChI=1S/C30H32N6O2/c1-4-28(29-32-33-34-36(29)19-22-8-6-5-7-9-22)35(18-23-12-10-21(2)11-13-23)20-25-16-24-17-26(38-3)14-15-27(24)31-30(25)37/h5-17,28H,4,18-20H2,1-3H3,(H,31,37)/t28-/m1/s1. The van der Waals surface area contributed by atoms with Crippen molar-refractivity contribution in [2.24, 2.45) is 0 Å². The monoisotopic (exact) mass is 508 g/mol. The molecule has 0 amide bonds. The Bertz CT molecular complexity index is 1560. The van der Waals surface area contributed by atoms with Gasteiger partial charge in [-0.05, 0) is 59.2 Å². The maximum absolute atomic E-state index is 13.2. The first-order valence-corrected chi connectivity index (χ1v) is 12.8. The Labute approximate surface area is 221 Å². The lowest BCUT2D eigenvalue weighted by Crippen LogP contribution is -2.32. The number of methoxy groups -OCH3 is 1. The summed E-state index contributed by atoms with van der Waals surface area (Å²) in [7, 11) is 1.64. The number of fused-ring (bicyclic) bond motifs is 1. The molecule has 0 aliphatic rings. The maximum atomic E-state index is 13.2. The topological polar surface area (TPSA) is 88.9 Å². The highest BCUT2D eigenvalue weighted by molar-refractivity contribution is 5.80. The average Bonchev–Trinajstić information content (AvgIpc) is 3.38. The van der Waals surface area contributed by atoms with Crippen LogP contribution in [0.15, 0.2) is 83.7 Å². The van der Waals surface area contributed by atoms with Gasteiger partial charge in [-0.2, -0.15) is 0 Å². The number of benzene rings is 3. The fraction of sp³-hybridized carbons (Fsp3) is 0.267. The molecule has 5 rings (SSSR count). The SMILES string of the molecule is CC[C@H](c1nnnn1Cc1ccccc1)N(Cc1ccc(C)cc1)Cc1cc2cc(OC)ccc2[nH]c1=O. The highest BCUT2D eigenvalue weighted by Gasteiger charge is 2.26. The van der Waals surface area contributed by atoms with Gasteiger partial charge in [-0.3, -0.25) is 9.69 Å². The zero-order valence-corrected chi connectivity index (χ0v) is 22.0. The Balaban J connectivity index is 1.52. The molecule has 0 saturated heterocycles. The van der Waals surface area contributed by atoms with Crippen LogP contribution in [0.2, 0.25) is 0 Å². The van der Waals surface area contributed by atoms with Gasteiger partial charge in [0.25, 0.3) is 5.56 Å². The van der Waals surface area contributed by atoms with Crippen molar-refractivity contribution in [3.63, 3.8) is 0 Å². The van der Waals surface area contributed by atoms with Crippen molar-refractivity contribution in [1.29, 1.82) is 0 Å². The van der Waals surface area contributed by atoms with Crippen LogP contribution in [0.4, 0.5) is 0 Å². The Hall–Kier alpha value is -4.30. The number of hydrogen-bond acceptors (Lipinski definition) is 6. The molecule has 3 aromatic carbocycles. The summed E-state index contributed by atoms with van der Waals surface area (Å²) in [6.07, 6.45) is 0.778. The molecule has 0 saturated carbocycles. The molecule has 194 valence electrons. The number of aromatic nitrogens is 5. The van der Waals surface area contributed by atoms with E-state index in [1.807, 2.05) is 47.1 Å². The van der Waals surface area contributed by atoms with Crippen LogP contribution in [0.5, 0.6) is 5.75 Å². The van der Waals surface area contributed by atoms with E-state index in [9.17, 15) is 4.79 Å². The summed E-state index contributed by atoms with van der Waals surface area (Å²) in [5, 5.41) is 13.7. The van der Waals surface area contributed by atoms with Crippen molar-refractivity contribution in [3.8, 4) is 5.75 Å². The minimum atomic E-state index is -0.102. The zero-order valence-electron chi connectivity index (χ0n) is 22.0. The lowest BCUT2D eigenvalue weighted by Gasteiger charge is -2.30. The quantitative estimate of drug-likeness (QED) is 0.285. The summed E-state index contributed by atoms with van der Waals surface area (Å²) in [6, 6.07) is 26.2. The molecule has 8 nitrogen and oxygen atoms in total. The third kappa shape index (κ3) is 5.65. The Morgan fingerprint density at radius 2 is 1.76 bits per heavy atom. The molecule has 38 heavy (non-hydrogen) atoms. The fourth-order valence-electron chi connectivity index (χ4n) is 4.82. The van der Waals surface area contributed by atoms with E-state index in [1.54, 1.807) is 7.11 Å². The molecule has 0 aliphatic carbocycles. The highest BCUT2D eigenvalue weighted by Crippen LogP contribution is 2.27. The van der Waals surface area contributed by atoms with E-state index < -0.39 is 0 Å². The van der Waals surface area contributed by atoms with Crippen molar-refractivity contribution in [2.45, 2.75) is 45.9 Å². The summed E-state index contributed by atoms with van der Waals surface area (Å²) in [4.78, 5) is 18.5. The van der Waals surface area contributed by atoms with Crippen LogP contribution in [0.3, 0.4) is 0 Å². The van der Waals surface area contributed by atoms with Gasteiger partial charge in [0, 0.05) is 29.6 Å². The molecule has 0 fully saturated rings. The smallest absolute Gasteiger partial charge is 0.252 e. The normalized spacial score (nSPS) is 12.2. The van der Waals surface area contributed by atoms with E-state index in [2.05, 4.69) is 75.7 Å². The molecule has 0 spiro atoms. The first-order valence-electron chi connectivity index (χ1n) is 12.8. The van der Waals surface area contributed by atoms with Crippen molar-refractivity contribution in [2.75, 3.05) is 7.11 Å². The van der Waals surface area contributed by atoms with E-state index in [-0.39, 0.29) is 11.6 Å². The number of H-pyrrole nitrogens is 1. The Morgan fingerprint density at radius 1 is 0.974 bits per heavy atom. The van der Waals surface area contributed by atoms with Crippen LogP contribution in [-0.4, -0.2) is 37.2 Å². The number of rotatable bonds is 10. The summed E-state index contributed by atoms with van der Waals surface area (Å²) in [5.74, 6) is 1.53. The van der Waals surface area contributed by atoms with Gasteiger partial charge >= 0.3 is 0 Å². The number of aromatic amines is 1. The molecule has 0 aliphatic heterocycles. The van der Waals surface area contributed by atoms with E-state index >= 15 is 0 Å². The maximum Gasteiger partial charge on any atom is 0.252 e. The molecular formula is C30H32N6O2. The van der Waals surface area contributed by atoms with Gasteiger partial charge in [0.1, 0.15) is 5.75 Å². The van der Waals surface area contributed by atoms with Crippen LogP contribution in [-0.2, 0) is 19.6 Å². The average molecular weight is 509 g/mol. The van der Waals surface area contributed by atoms with Crippen LogP contribution in [0.1, 0.15) is 47.5 Å². The summed E-state index contributed by atoms with van der Waals surface area (Å²) < 4.78 is 7.26. The molecule has 1 atom stereocenters. The number of hydrogen-bond donors (Lipinski definition) is 1. The zero-order chi connectivity index (χ0) is 26.5. The molecule has 2 heterocycles. The Kier molecular flexibility index (Phi) is 7.60. The van der Waals surface area contributed by atoms with E-state index in [4.69, 9.17) is 4.74 Å². The van der Waals surface area contributed by atoms with Gasteiger partial charge in [-0.15, -0.1) is 5.10 Å². The van der Waals surface area contributed by atoms with Crippen molar-refractivity contribution in [3.05, 3.63) is 117 Å². The van der Waals surface area contributed by atoms with Crippen molar-refractivity contribution >= 4 is 10.9 Å². The number of pyridine rings is 1. The molecule has 0 bridgehead atoms. The molecule has 0 unspecified atom stereocenters. The van der Waals surface area contributed by atoms with E-state index in [1.165, 1.54) is 5.56 Å². The first-order chi connectivity index (χ1) is 18.5. The van der Waals surface area contributed by atoms with Gasteiger partial charge in [0.05, 0.1) is 19.7 Å². The second-order valence-electron chi connectivity index (χ2n) is 9.57. The number of nitrogens with zero attached hydrogens (tertiary/aromatic N) is 5. The second kappa shape index (κ2) is 11.4. The predicted molar refractivity (Wildman–Crippen MR) is 148 cm³/mol. The molecule has 0 radical (unpaired) electrons. The van der Waals surface area contributed by atoms with Gasteiger partial charge in [0.15, 0.2) is 5.82 Å². The van der Waals surface area contributed by atoms with Crippen LogP contribution in [0, 0.1) is 6.92 Å². The third-order valence-electron chi connectivity index (χ3n) is 6.87. The molecule has 5 aromatic rings. The van der Waals surface area contributed by atoms with Gasteiger partial charge in [0.2, 0.25) is 0 Å². The predicted octanol–water partition coefficient (Wildman–Crippen LogP) is 5.03. The molecule has 2 aromatic heterocycles.